The number of nitrogens with zero attached hydrogens (tertiary/aromatic N) is 3. The second-order valence-electron chi connectivity index (χ2n) is 11.6. The molecule has 5 aromatic carbocycles. The van der Waals surface area contributed by atoms with Crippen molar-refractivity contribution in [1.29, 1.82) is 0 Å². The zero-order valence-corrected chi connectivity index (χ0v) is 24.4. The molecular weight excluding hydrogens is 547 g/mol. The summed E-state index contributed by atoms with van der Waals surface area (Å²) in [6.07, 6.45) is 0. The Morgan fingerprint density at radius 1 is 0.581 bits per heavy atom. The molecule has 9 rings (SSSR count). The average Bonchev–Trinajstić information content (AvgIpc) is 3.72. The molecule has 3 heterocycles. The van der Waals surface area contributed by atoms with Gasteiger partial charge in [0.2, 0.25) is 0 Å². The van der Waals surface area contributed by atoms with Crippen molar-refractivity contribution in [2.24, 2.45) is 0 Å². The van der Waals surface area contributed by atoms with Crippen molar-refractivity contribution in [3.63, 3.8) is 0 Å². The molecule has 0 saturated carbocycles. The number of hydrogen-bond acceptors (Lipinski definition) is 5. The molecule has 5 heteroatoms. The van der Waals surface area contributed by atoms with Crippen molar-refractivity contribution in [2.75, 3.05) is 0 Å². The predicted octanol–water partition coefficient (Wildman–Crippen LogP) is 10.3. The molecule has 0 N–H and O–H groups in total. The molecule has 43 heavy (non-hydrogen) atoms. The van der Waals surface area contributed by atoms with Gasteiger partial charge in [-0.15, -0.1) is 11.3 Å². The van der Waals surface area contributed by atoms with Gasteiger partial charge in [-0.25, -0.2) is 15.0 Å². The monoisotopic (exact) mass is 571 g/mol. The zero-order valence-electron chi connectivity index (χ0n) is 23.6. The van der Waals surface area contributed by atoms with E-state index in [4.69, 9.17) is 19.4 Å². The quantitative estimate of drug-likeness (QED) is 0.212. The third-order valence-corrected chi connectivity index (χ3v) is 9.99. The number of hydrogen-bond donors (Lipinski definition) is 0. The summed E-state index contributed by atoms with van der Waals surface area (Å²) in [6, 6.07) is 40.2. The number of rotatable bonds is 3. The summed E-state index contributed by atoms with van der Waals surface area (Å²) < 4.78 is 8.72. The molecule has 0 spiro atoms. The van der Waals surface area contributed by atoms with Crippen LogP contribution < -0.4 is 0 Å². The van der Waals surface area contributed by atoms with Crippen molar-refractivity contribution >= 4 is 42.5 Å². The van der Waals surface area contributed by atoms with E-state index in [1.165, 1.54) is 42.4 Å². The fourth-order valence-corrected chi connectivity index (χ4v) is 7.89. The predicted molar refractivity (Wildman–Crippen MR) is 176 cm³/mol. The number of furan rings is 1. The van der Waals surface area contributed by atoms with Gasteiger partial charge in [-0.1, -0.05) is 105 Å². The second kappa shape index (κ2) is 8.93. The molecular formula is C38H25N3OS. The molecule has 0 aliphatic heterocycles. The van der Waals surface area contributed by atoms with E-state index >= 15 is 0 Å². The summed E-state index contributed by atoms with van der Waals surface area (Å²) in [5.74, 6) is 2.43. The summed E-state index contributed by atoms with van der Waals surface area (Å²) in [5, 5.41) is 3.47. The number of benzene rings is 5. The molecule has 0 unspecified atom stereocenters. The van der Waals surface area contributed by atoms with E-state index < -0.39 is 0 Å². The minimum atomic E-state index is -0.123. The lowest BCUT2D eigenvalue weighted by atomic mass is 9.82. The number of fused-ring (bicyclic) bond motifs is 7. The third kappa shape index (κ3) is 3.58. The van der Waals surface area contributed by atoms with Crippen LogP contribution in [0.1, 0.15) is 25.0 Å². The Kier molecular flexibility index (Phi) is 5.08. The largest absolute Gasteiger partial charge is 0.453 e. The molecule has 204 valence electrons. The van der Waals surface area contributed by atoms with E-state index in [9.17, 15) is 0 Å². The van der Waals surface area contributed by atoms with Gasteiger partial charge >= 0.3 is 0 Å². The molecule has 0 radical (unpaired) electrons. The van der Waals surface area contributed by atoms with Gasteiger partial charge in [0, 0.05) is 42.1 Å². The molecule has 4 nitrogen and oxygen atoms in total. The van der Waals surface area contributed by atoms with Crippen molar-refractivity contribution in [2.45, 2.75) is 19.3 Å². The van der Waals surface area contributed by atoms with E-state index in [2.05, 4.69) is 98.8 Å². The first-order valence-electron chi connectivity index (χ1n) is 14.5. The second-order valence-corrected chi connectivity index (χ2v) is 12.7. The fourth-order valence-electron chi connectivity index (χ4n) is 6.68. The highest BCUT2D eigenvalue weighted by atomic mass is 32.1. The molecule has 1 aliphatic carbocycles. The van der Waals surface area contributed by atoms with Crippen LogP contribution in [-0.4, -0.2) is 15.0 Å². The summed E-state index contributed by atoms with van der Waals surface area (Å²) in [7, 11) is 0. The van der Waals surface area contributed by atoms with E-state index in [1.807, 2.05) is 30.3 Å². The van der Waals surface area contributed by atoms with E-state index in [-0.39, 0.29) is 5.41 Å². The first-order chi connectivity index (χ1) is 21.1. The zero-order chi connectivity index (χ0) is 28.7. The normalized spacial score (nSPS) is 13.5. The first kappa shape index (κ1) is 24.5. The Hall–Kier alpha value is -5.13. The average molecular weight is 572 g/mol. The smallest absolute Gasteiger partial charge is 0.199 e. The van der Waals surface area contributed by atoms with Crippen LogP contribution in [0.3, 0.4) is 0 Å². The van der Waals surface area contributed by atoms with E-state index in [0.29, 0.717) is 23.2 Å². The molecule has 3 aromatic heterocycles. The van der Waals surface area contributed by atoms with Gasteiger partial charge in [-0.3, -0.25) is 0 Å². The van der Waals surface area contributed by atoms with Gasteiger partial charge in [-0.05, 0) is 46.5 Å². The Morgan fingerprint density at radius 2 is 1.23 bits per heavy atom. The van der Waals surface area contributed by atoms with Crippen molar-refractivity contribution < 1.29 is 4.42 Å². The summed E-state index contributed by atoms with van der Waals surface area (Å²) >= 11 is 1.78. The van der Waals surface area contributed by atoms with E-state index in [1.54, 1.807) is 11.3 Å². The lowest BCUT2D eigenvalue weighted by molar-refractivity contribution is 0.625. The van der Waals surface area contributed by atoms with Crippen molar-refractivity contribution in [3.05, 3.63) is 126 Å². The molecule has 0 amide bonds. The Bertz CT molecular complexity index is 2360. The first-order valence-corrected chi connectivity index (χ1v) is 15.3. The highest BCUT2D eigenvalue weighted by Crippen LogP contribution is 2.51. The summed E-state index contributed by atoms with van der Waals surface area (Å²) in [6.45, 7) is 4.59. The molecule has 0 saturated heterocycles. The van der Waals surface area contributed by atoms with Crippen LogP contribution in [0, 0.1) is 0 Å². The third-order valence-electron chi connectivity index (χ3n) is 8.77. The molecule has 1 aliphatic rings. The maximum Gasteiger partial charge on any atom is 0.199 e. The van der Waals surface area contributed by atoms with Gasteiger partial charge in [0.15, 0.2) is 23.2 Å². The molecule has 0 atom stereocenters. The van der Waals surface area contributed by atoms with Crippen LogP contribution in [0.15, 0.2) is 120 Å². The Labute approximate surface area is 252 Å². The number of thiophene rings is 1. The standard InChI is InChI=1S/C38H25N3OS/c1-38(2)28-17-6-4-13-25(28)33-26(15-10-18-29(33)38)35-39-36(41-37(40-35)31-21-22-11-3-7-19-30(22)42-31)27-16-9-14-24-23-12-5-8-20-32(23)43-34(24)27/h3-21H,1-2H3. The fraction of sp³-hybridized carbons (Fsp3) is 0.0789. The maximum absolute atomic E-state index is 6.30. The highest BCUT2D eigenvalue weighted by Gasteiger charge is 2.37. The Morgan fingerprint density at radius 3 is 2.14 bits per heavy atom. The minimum Gasteiger partial charge on any atom is -0.453 e. The topological polar surface area (TPSA) is 51.8 Å². The van der Waals surface area contributed by atoms with E-state index in [0.717, 1.165) is 22.1 Å². The minimum absolute atomic E-state index is 0.123. The van der Waals surface area contributed by atoms with Gasteiger partial charge in [-0.2, -0.15) is 0 Å². The Balaban J connectivity index is 1.34. The number of para-hydroxylation sites is 1. The van der Waals surface area contributed by atoms with Crippen LogP contribution in [-0.2, 0) is 5.41 Å². The van der Waals surface area contributed by atoms with Crippen LogP contribution in [0.5, 0.6) is 0 Å². The van der Waals surface area contributed by atoms with Crippen LogP contribution in [0.25, 0.3) is 76.6 Å². The van der Waals surface area contributed by atoms with Crippen molar-refractivity contribution in [1.82, 2.24) is 15.0 Å². The number of aromatic nitrogens is 3. The van der Waals surface area contributed by atoms with Crippen LogP contribution in [0.2, 0.25) is 0 Å². The summed E-state index contributed by atoms with van der Waals surface area (Å²) in [5.41, 5.74) is 7.70. The lowest BCUT2D eigenvalue weighted by Crippen LogP contribution is -2.14. The molecule has 0 bridgehead atoms. The van der Waals surface area contributed by atoms with Crippen LogP contribution >= 0.6 is 11.3 Å². The van der Waals surface area contributed by atoms with Crippen LogP contribution in [0.4, 0.5) is 0 Å². The SMILES string of the molecule is CC1(C)c2ccccc2-c2c(-c3nc(-c4cc5ccccc5o4)nc(-c4cccc5c4sc4ccccc45)n3)cccc21. The van der Waals surface area contributed by atoms with Gasteiger partial charge in [0.05, 0.1) is 0 Å². The molecule has 0 fully saturated rings. The van der Waals surface area contributed by atoms with Crippen molar-refractivity contribution in [3.8, 4) is 45.5 Å². The van der Waals surface area contributed by atoms with Gasteiger partial charge < -0.3 is 4.42 Å². The van der Waals surface area contributed by atoms with Gasteiger partial charge in [0.25, 0.3) is 0 Å². The summed E-state index contributed by atoms with van der Waals surface area (Å²) in [4.78, 5) is 15.4. The van der Waals surface area contributed by atoms with Gasteiger partial charge in [0.1, 0.15) is 5.58 Å². The lowest BCUT2D eigenvalue weighted by Gasteiger charge is -2.21. The molecule has 8 aromatic rings. The highest BCUT2D eigenvalue weighted by molar-refractivity contribution is 7.26. The maximum atomic E-state index is 6.30.